The molecule has 2 aliphatic rings. The van der Waals surface area contributed by atoms with Gasteiger partial charge >= 0.3 is 0 Å². The van der Waals surface area contributed by atoms with Crippen LogP contribution in [0.5, 0.6) is 11.5 Å². The molecule has 4 rings (SSSR count). The second-order valence-electron chi connectivity index (χ2n) is 5.88. The van der Waals surface area contributed by atoms with Crippen LogP contribution in [0.2, 0.25) is 0 Å². The molecule has 2 aromatic carbocycles. The molecular formula is C17H20N2O4+2. The van der Waals surface area contributed by atoms with Crippen LogP contribution >= 0.6 is 0 Å². The Bertz CT molecular complexity index is 697. The molecule has 0 saturated carbocycles. The molecule has 6 heteroatoms. The number of benzene rings is 2. The summed E-state index contributed by atoms with van der Waals surface area (Å²) in [6, 6.07) is 8.14. The molecule has 0 bridgehead atoms. The summed E-state index contributed by atoms with van der Waals surface area (Å²) < 4.78 is 22.2. The smallest absolute Gasteiger partial charge is 0.189 e. The van der Waals surface area contributed by atoms with Crippen molar-refractivity contribution >= 4 is 11.4 Å². The maximum absolute atomic E-state index is 5.72. The number of hydrogen-bond acceptors (Lipinski definition) is 4. The maximum Gasteiger partial charge on any atom is 0.189 e. The van der Waals surface area contributed by atoms with Crippen LogP contribution in [0, 0.1) is 0 Å². The zero-order valence-corrected chi connectivity index (χ0v) is 12.9. The van der Waals surface area contributed by atoms with Gasteiger partial charge in [-0.3, -0.25) is 0 Å². The lowest BCUT2D eigenvalue weighted by molar-refractivity contribution is -0.255. The second kappa shape index (κ2) is 5.82. The van der Waals surface area contributed by atoms with Gasteiger partial charge in [-0.15, -0.1) is 0 Å². The summed E-state index contributed by atoms with van der Waals surface area (Å²) in [6.45, 7) is 1.69. The monoisotopic (exact) mass is 316 g/mol. The van der Waals surface area contributed by atoms with Gasteiger partial charge in [-0.1, -0.05) is 0 Å². The van der Waals surface area contributed by atoms with Crippen molar-refractivity contribution in [3.63, 3.8) is 0 Å². The van der Waals surface area contributed by atoms with Crippen LogP contribution in [0.3, 0.4) is 0 Å². The lowest BCUT2D eigenvalue weighted by atomic mass is 9.97. The van der Waals surface area contributed by atoms with E-state index < -0.39 is 0 Å². The summed E-state index contributed by atoms with van der Waals surface area (Å²) in [5.41, 5.74) is 14.3. The van der Waals surface area contributed by atoms with Gasteiger partial charge in [0.15, 0.2) is 13.6 Å². The van der Waals surface area contributed by atoms with Crippen LogP contribution in [0.15, 0.2) is 24.3 Å². The van der Waals surface area contributed by atoms with Gasteiger partial charge < -0.3 is 30.4 Å². The molecule has 6 N–H and O–H groups in total. The number of quaternary nitrogens is 2. The van der Waals surface area contributed by atoms with E-state index in [-0.39, 0.29) is 13.6 Å². The molecule has 0 radical (unpaired) electrons. The minimum absolute atomic E-state index is 0.286. The number of rotatable bonds is 2. The van der Waals surface area contributed by atoms with Crippen molar-refractivity contribution in [3.05, 3.63) is 46.5 Å². The third-order valence-corrected chi connectivity index (χ3v) is 4.07. The SMILES string of the molecule is [NH3+]c1cc2c(c(Cc3cc([NH3+])cc4c3OCOC4)c1)OCOC2. The fourth-order valence-corrected chi connectivity index (χ4v) is 3.21. The van der Waals surface area contributed by atoms with E-state index in [0.29, 0.717) is 19.6 Å². The first-order valence-corrected chi connectivity index (χ1v) is 7.57. The van der Waals surface area contributed by atoms with E-state index in [1.54, 1.807) is 0 Å². The van der Waals surface area contributed by atoms with E-state index in [2.05, 4.69) is 23.6 Å². The minimum Gasteiger partial charge on any atom is -0.467 e. The minimum atomic E-state index is 0.286. The highest BCUT2D eigenvalue weighted by Gasteiger charge is 2.22. The van der Waals surface area contributed by atoms with Crippen molar-refractivity contribution in [3.8, 4) is 11.5 Å². The van der Waals surface area contributed by atoms with Crippen LogP contribution in [0.1, 0.15) is 22.3 Å². The number of ether oxygens (including phenoxy) is 4. The Morgan fingerprint density at radius 3 is 1.70 bits per heavy atom. The van der Waals surface area contributed by atoms with E-state index in [1.165, 1.54) is 0 Å². The molecule has 2 heterocycles. The summed E-state index contributed by atoms with van der Waals surface area (Å²) in [7, 11) is 0. The van der Waals surface area contributed by atoms with Gasteiger partial charge in [0.25, 0.3) is 0 Å². The molecule has 0 amide bonds. The van der Waals surface area contributed by atoms with Crippen LogP contribution in [-0.4, -0.2) is 13.6 Å². The Kier molecular flexibility index (Phi) is 3.66. The second-order valence-corrected chi connectivity index (χ2v) is 5.88. The molecule has 120 valence electrons. The highest BCUT2D eigenvalue weighted by atomic mass is 16.7. The van der Waals surface area contributed by atoms with Crippen molar-refractivity contribution in [2.24, 2.45) is 0 Å². The largest absolute Gasteiger partial charge is 0.467 e. The zero-order valence-electron chi connectivity index (χ0n) is 12.9. The lowest BCUT2D eigenvalue weighted by Gasteiger charge is -2.23. The Balaban J connectivity index is 1.77. The fraction of sp³-hybridized carbons (Fsp3) is 0.294. The standard InChI is InChI=1S/C17H18N2O4/c18-14-2-10(16-12(4-14)6-20-8-22-16)1-11-3-15(19)5-13-7-21-9-23-17(11)13/h2-5H,1,6-9,18-19H2/p+2. The maximum atomic E-state index is 5.72. The third-order valence-electron chi connectivity index (χ3n) is 4.07. The van der Waals surface area contributed by atoms with Crippen LogP contribution < -0.4 is 20.9 Å². The summed E-state index contributed by atoms with van der Waals surface area (Å²) in [5.74, 6) is 1.80. The van der Waals surface area contributed by atoms with E-state index in [4.69, 9.17) is 18.9 Å². The summed E-state index contributed by atoms with van der Waals surface area (Å²) in [6.07, 6.45) is 0.706. The van der Waals surface area contributed by atoms with Crippen LogP contribution in [0.25, 0.3) is 0 Å². The van der Waals surface area contributed by atoms with Gasteiger partial charge in [-0.05, 0) is 0 Å². The molecule has 0 aromatic heterocycles. The molecule has 6 nitrogen and oxygen atoms in total. The fourth-order valence-electron chi connectivity index (χ4n) is 3.21. The first-order valence-electron chi connectivity index (χ1n) is 7.57. The van der Waals surface area contributed by atoms with Crippen LogP contribution in [0.4, 0.5) is 11.4 Å². The predicted molar refractivity (Wildman–Crippen MR) is 81.4 cm³/mol. The third kappa shape index (κ3) is 2.77. The Labute approximate surface area is 133 Å². The Morgan fingerprint density at radius 2 is 1.22 bits per heavy atom. The molecule has 0 unspecified atom stereocenters. The molecule has 2 aromatic rings. The summed E-state index contributed by atoms with van der Waals surface area (Å²) >= 11 is 0. The highest BCUT2D eigenvalue weighted by molar-refractivity contribution is 5.56. The topological polar surface area (TPSA) is 92.2 Å². The van der Waals surface area contributed by atoms with Crippen LogP contribution in [-0.2, 0) is 29.1 Å². The van der Waals surface area contributed by atoms with Gasteiger partial charge in [-0.2, -0.15) is 0 Å². The molecule has 0 atom stereocenters. The van der Waals surface area contributed by atoms with Crippen molar-refractivity contribution in [2.45, 2.75) is 19.6 Å². The molecule has 0 spiro atoms. The van der Waals surface area contributed by atoms with Gasteiger partial charge in [0.2, 0.25) is 0 Å². The van der Waals surface area contributed by atoms with E-state index in [1.807, 2.05) is 12.1 Å². The first kappa shape index (κ1) is 14.5. The average Bonchev–Trinajstić information content (AvgIpc) is 2.54. The average molecular weight is 316 g/mol. The van der Waals surface area contributed by atoms with Crippen molar-refractivity contribution < 1.29 is 30.4 Å². The molecule has 0 fully saturated rings. The van der Waals surface area contributed by atoms with Crippen molar-refractivity contribution in [1.29, 1.82) is 0 Å². The van der Waals surface area contributed by atoms with Gasteiger partial charge in [0.05, 0.1) is 13.2 Å². The molecule has 0 aliphatic carbocycles. The Morgan fingerprint density at radius 1 is 0.739 bits per heavy atom. The lowest BCUT2D eigenvalue weighted by Crippen LogP contribution is -2.40. The van der Waals surface area contributed by atoms with Gasteiger partial charge in [0.1, 0.15) is 22.9 Å². The number of hydrogen-bond donors (Lipinski definition) is 2. The summed E-state index contributed by atoms with van der Waals surface area (Å²) in [4.78, 5) is 0. The van der Waals surface area contributed by atoms with Gasteiger partial charge in [-0.25, -0.2) is 0 Å². The summed E-state index contributed by atoms with van der Waals surface area (Å²) in [5, 5.41) is 0. The zero-order chi connectivity index (χ0) is 15.8. The molecular weight excluding hydrogens is 296 g/mol. The number of fused-ring (bicyclic) bond motifs is 2. The van der Waals surface area contributed by atoms with E-state index in [9.17, 15) is 0 Å². The van der Waals surface area contributed by atoms with Gasteiger partial charge in [0, 0.05) is 52.9 Å². The van der Waals surface area contributed by atoms with Crippen molar-refractivity contribution in [1.82, 2.24) is 0 Å². The molecule has 2 aliphatic heterocycles. The first-order chi connectivity index (χ1) is 11.2. The van der Waals surface area contributed by atoms with Crippen molar-refractivity contribution in [2.75, 3.05) is 13.6 Å². The Hall–Kier alpha value is -2.12. The predicted octanol–water partition coefficient (Wildman–Crippen LogP) is 0.757. The quantitative estimate of drug-likeness (QED) is 0.855. The highest BCUT2D eigenvalue weighted by Crippen LogP contribution is 2.36. The molecule has 23 heavy (non-hydrogen) atoms. The van der Waals surface area contributed by atoms with E-state index >= 15 is 0 Å². The molecule has 0 saturated heterocycles. The normalized spacial score (nSPS) is 16.1. The van der Waals surface area contributed by atoms with E-state index in [0.717, 1.165) is 45.1 Å².